The maximum absolute atomic E-state index is 11.3. The van der Waals surface area contributed by atoms with Gasteiger partial charge in [-0.1, -0.05) is 0 Å². The Morgan fingerprint density at radius 3 is 3.00 bits per heavy atom. The van der Waals surface area contributed by atoms with Crippen molar-refractivity contribution in [1.82, 2.24) is 10.6 Å². The van der Waals surface area contributed by atoms with Crippen molar-refractivity contribution in [3.63, 3.8) is 0 Å². The van der Waals surface area contributed by atoms with Gasteiger partial charge in [0.25, 0.3) is 0 Å². The fourth-order valence-electron chi connectivity index (χ4n) is 1.29. The molecule has 1 fully saturated rings. The molecule has 2 N–H and O–H groups in total. The summed E-state index contributed by atoms with van der Waals surface area (Å²) < 4.78 is 9.59. The highest BCUT2D eigenvalue weighted by Gasteiger charge is 2.16. The maximum Gasteiger partial charge on any atom is 0.325 e. The summed E-state index contributed by atoms with van der Waals surface area (Å²) in [7, 11) is 1.28. The van der Waals surface area contributed by atoms with Gasteiger partial charge in [0.2, 0.25) is 5.91 Å². The highest BCUT2D eigenvalue weighted by atomic mass is 16.5. The number of rotatable bonds is 4. The maximum atomic E-state index is 11.3. The highest BCUT2D eigenvalue weighted by Crippen LogP contribution is 1.97. The zero-order chi connectivity index (χ0) is 11.1. The van der Waals surface area contributed by atoms with Crippen LogP contribution in [0.5, 0.6) is 0 Å². The number of morpholine rings is 1. The van der Waals surface area contributed by atoms with E-state index >= 15 is 0 Å². The molecule has 1 saturated heterocycles. The second-order valence-corrected chi connectivity index (χ2v) is 3.28. The topological polar surface area (TPSA) is 76.7 Å². The molecule has 0 spiro atoms. The van der Waals surface area contributed by atoms with E-state index < -0.39 is 5.97 Å². The van der Waals surface area contributed by atoms with E-state index in [1.54, 1.807) is 0 Å². The Kier molecular flexibility index (Phi) is 5.06. The van der Waals surface area contributed by atoms with E-state index in [2.05, 4.69) is 15.4 Å². The summed E-state index contributed by atoms with van der Waals surface area (Å²) in [6.07, 6.45) is 0.316. The second-order valence-electron chi connectivity index (χ2n) is 3.28. The standard InChI is InChI=1S/C9H16N2O4/c1-14-9(13)5-11-8(12)4-7-6-15-3-2-10-7/h7,10H,2-6H2,1H3,(H,11,12). The van der Waals surface area contributed by atoms with E-state index in [-0.39, 0.29) is 18.5 Å². The molecule has 6 heteroatoms. The van der Waals surface area contributed by atoms with Crippen LogP contribution in [0, 0.1) is 0 Å². The number of methoxy groups -OCH3 is 1. The minimum absolute atomic E-state index is 0.0383. The SMILES string of the molecule is COC(=O)CNC(=O)CC1COCCN1. The number of esters is 1. The molecule has 0 aliphatic carbocycles. The predicted octanol–water partition coefficient (Wildman–Crippen LogP) is -1.35. The molecule has 0 radical (unpaired) electrons. The number of amides is 1. The molecule has 0 aromatic heterocycles. The van der Waals surface area contributed by atoms with E-state index in [0.717, 1.165) is 6.54 Å². The van der Waals surface area contributed by atoms with E-state index in [1.807, 2.05) is 0 Å². The van der Waals surface area contributed by atoms with Gasteiger partial charge in [-0.05, 0) is 0 Å². The van der Waals surface area contributed by atoms with Crippen LogP contribution in [-0.2, 0) is 19.1 Å². The predicted molar refractivity (Wildman–Crippen MR) is 52.3 cm³/mol. The van der Waals surface area contributed by atoms with Gasteiger partial charge in [0.1, 0.15) is 6.54 Å². The van der Waals surface area contributed by atoms with Crippen molar-refractivity contribution in [1.29, 1.82) is 0 Å². The van der Waals surface area contributed by atoms with Gasteiger partial charge in [-0.15, -0.1) is 0 Å². The van der Waals surface area contributed by atoms with Crippen molar-refractivity contribution in [2.45, 2.75) is 12.5 Å². The van der Waals surface area contributed by atoms with E-state index in [9.17, 15) is 9.59 Å². The minimum Gasteiger partial charge on any atom is -0.468 e. The molecule has 0 saturated carbocycles. The third kappa shape index (κ3) is 4.75. The molecule has 0 aromatic carbocycles. The lowest BCUT2D eigenvalue weighted by Crippen LogP contribution is -2.44. The Labute approximate surface area is 88.3 Å². The molecule has 1 aliphatic heterocycles. The number of carbonyl (C=O) groups is 2. The normalized spacial score (nSPS) is 20.7. The van der Waals surface area contributed by atoms with Crippen molar-refractivity contribution >= 4 is 11.9 Å². The van der Waals surface area contributed by atoms with Crippen LogP contribution in [0.3, 0.4) is 0 Å². The van der Waals surface area contributed by atoms with Gasteiger partial charge in [-0.25, -0.2) is 0 Å². The van der Waals surface area contributed by atoms with Crippen molar-refractivity contribution in [3.8, 4) is 0 Å². The van der Waals surface area contributed by atoms with Gasteiger partial charge in [-0.2, -0.15) is 0 Å². The molecule has 1 rings (SSSR count). The average Bonchev–Trinajstić information content (AvgIpc) is 2.27. The number of nitrogens with one attached hydrogen (secondary N) is 2. The van der Waals surface area contributed by atoms with Crippen LogP contribution in [0.15, 0.2) is 0 Å². The molecule has 1 aliphatic rings. The third-order valence-electron chi connectivity index (χ3n) is 2.09. The molecular weight excluding hydrogens is 200 g/mol. The lowest BCUT2D eigenvalue weighted by molar-refractivity contribution is -0.141. The van der Waals surface area contributed by atoms with Gasteiger partial charge < -0.3 is 20.1 Å². The minimum atomic E-state index is -0.448. The summed E-state index contributed by atoms with van der Waals surface area (Å²) in [6.45, 7) is 1.89. The molecule has 1 amide bonds. The Hall–Kier alpha value is -1.14. The van der Waals surface area contributed by atoms with Crippen molar-refractivity contribution < 1.29 is 19.1 Å². The zero-order valence-corrected chi connectivity index (χ0v) is 8.75. The summed E-state index contributed by atoms with van der Waals surface area (Å²) in [5.74, 6) is -0.625. The van der Waals surface area contributed by atoms with Crippen LogP contribution in [0.4, 0.5) is 0 Å². The molecule has 1 atom stereocenters. The van der Waals surface area contributed by atoms with Gasteiger partial charge in [0.05, 0.1) is 20.3 Å². The third-order valence-corrected chi connectivity index (χ3v) is 2.09. The van der Waals surface area contributed by atoms with Gasteiger partial charge in [0, 0.05) is 19.0 Å². The number of ether oxygens (including phenoxy) is 2. The van der Waals surface area contributed by atoms with E-state index in [1.165, 1.54) is 7.11 Å². The molecule has 1 heterocycles. The molecule has 0 aromatic rings. The fourth-order valence-corrected chi connectivity index (χ4v) is 1.29. The summed E-state index contributed by atoms with van der Waals surface area (Å²) in [5.41, 5.74) is 0. The lowest BCUT2D eigenvalue weighted by atomic mass is 10.2. The summed E-state index contributed by atoms with van der Waals surface area (Å²) in [4.78, 5) is 22.0. The largest absolute Gasteiger partial charge is 0.468 e. The molecule has 15 heavy (non-hydrogen) atoms. The Morgan fingerprint density at radius 1 is 1.60 bits per heavy atom. The number of hydrogen-bond acceptors (Lipinski definition) is 5. The summed E-state index contributed by atoms with van der Waals surface area (Å²) in [5, 5.41) is 5.62. The molecule has 86 valence electrons. The van der Waals surface area contributed by atoms with Gasteiger partial charge >= 0.3 is 5.97 Å². The lowest BCUT2D eigenvalue weighted by Gasteiger charge is -2.23. The van der Waals surface area contributed by atoms with Crippen LogP contribution >= 0.6 is 0 Å². The zero-order valence-electron chi connectivity index (χ0n) is 8.75. The highest BCUT2D eigenvalue weighted by molar-refractivity contribution is 5.82. The Morgan fingerprint density at radius 2 is 2.40 bits per heavy atom. The quantitative estimate of drug-likeness (QED) is 0.568. The number of hydrogen-bond donors (Lipinski definition) is 2. The first-order valence-corrected chi connectivity index (χ1v) is 4.87. The van der Waals surface area contributed by atoms with Crippen LogP contribution in [0.25, 0.3) is 0 Å². The molecular formula is C9H16N2O4. The Bertz CT molecular complexity index is 226. The summed E-state index contributed by atoms with van der Waals surface area (Å²) >= 11 is 0. The van der Waals surface area contributed by atoms with Crippen molar-refractivity contribution in [2.24, 2.45) is 0 Å². The first kappa shape index (κ1) is 11.9. The van der Waals surface area contributed by atoms with Crippen LogP contribution in [0.1, 0.15) is 6.42 Å². The summed E-state index contributed by atoms with van der Waals surface area (Å²) in [6, 6.07) is 0.0383. The van der Waals surface area contributed by atoms with Crippen LogP contribution in [0.2, 0.25) is 0 Å². The fraction of sp³-hybridized carbons (Fsp3) is 0.778. The van der Waals surface area contributed by atoms with Gasteiger partial charge in [-0.3, -0.25) is 9.59 Å². The van der Waals surface area contributed by atoms with Crippen molar-refractivity contribution in [2.75, 3.05) is 33.4 Å². The second kappa shape index (κ2) is 6.36. The van der Waals surface area contributed by atoms with E-state index in [4.69, 9.17) is 4.74 Å². The Balaban J connectivity index is 2.14. The van der Waals surface area contributed by atoms with Crippen molar-refractivity contribution in [3.05, 3.63) is 0 Å². The smallest absolute Gasteiger partial charge is 0.325 e. The average molecular weight is 216 g/mol. The van der Waals surface area contributed by atoms with Crippen LogP contribution < -0.4 is 10.6 Å². The van der Waals surface area contributed by atoms with Crippen LogP contribution in [-0.4, -0.2) is 51.3 Å². The van der Waals surface area contributed by atoms with Gasteiger partial charge in [0.15, 0.2) is 0 Å². The monoisotopic (exact) mass is 216 g/mol. The first-order chi connectivity index (χ1) is 7.22. The molecule has 6 nitrogen and oxygen atoms in total. The first-order valence-electron chi connectivity index (χ1n) is 4.87. The molecule has 0 bridgehead atoms. The molecule has 1 unspecified atom stereocenters. The van der Waals surface area contributed by atoms with E-state index in [0.29, 0.717) is 19.6 Å². The number of carbonyl (C=O) groups excluding carboxylic acids is 2.